The molecule has 2 fully saturated rings. The molecular formula is C25H31N7. The molecule has 0 spiro atoms. The first-order valence-electron chi connectivity index (χ1n) is 11.6. The second kappa shape index (κ2) is 9.61. The van der Waals surface area contributed by atoms with E-state index in [1.54, 1.807) is 6.20 Å². The van der Waals surface area contributed by atoms with Gasteiger partial charge < -0.3 is 9.80 Å². The van der Waals surface area contributed by atoms with Gasteiger partial charge in [-0.3, -0.25) is 9.88 Å². The van der Waals surface area contributed by atoms with E-state index < -0.39 is 0 Å². The molecule has 2 saturated heterocycles. The van der Waals surface area contributed by atoms with E-state index in [4.69, 9.17) is 4.98 Å². The second-order valence-corrected chi connectivity index (χ2v) is 8.86. The van der Waals surface area contributed by atoms with Gasteiger partial charge in [-0.2, -0.15) is 0 Å². The lowest BCUT2D eigenvalue weighted by Crippen LogP contribution is -2.50. The minimum Gasteiger partial charge on any atom is -0.356 e. The van der Waals surface area contributed by atoms with Gasteiger partial charge in [-0.15, -0.1) is 0 Å². The average molecular weight is 430 g/mol. The van der Waals surface area contributed by atoms with Crippen LogP contribution < -0.4 is 9.80 Å². The molecular weight excluding hydrogens is 398 g/mol. The molecule has 0 saturated carbocycles. The van der Waals surface area contributed by atoms with Crippen molar-refractivity contribution in [1.82, 2.24) is 24.8 Å². The van der Waals surface area contributed by atoms with Crippen LogP contribution in [-0.4, -0.2) is 70.6 Å². The van der Waals surface area contributed by atoms with Crippen molar-refractivity contribution in [3.63, 3.8) is 0 Å². The van der Waals surface area contributed by atoms with Gasteiger partial charge in [0.05, 0.1) is 0 Å². The van der Waals surface area contributed by atoms with Crippen molar-refractivity contribution in [2.75, 3.05) is 55.6 Å². The summed E-state index contributed by atoms with van der Waals surface area (Å²) in [5.41, 5.74) is 1.97. The van der Waals surface area contributed by atoms with E-state index in [0.717, 1.165) is 74.5 Å². The topological polar surface area (TPSA) is 61.3 Å². The largest absolute Gasteiger partial charge is 0.356 e. The summed E-state index contributed by atoms with van der Waals surface area (Å²) in [6.45, 7) is 9.63. The van der Waals surface area contributed by atoms with Crippen molar-refractivity contribution in [2.45, 2.75) is 19.8 Å². The zero-order valence-electron chi connectivity index (χ0n) is 18.8. The first-order chi connectivity index (χ1) is 15.7. The SMILES string of the molecule is Cc1cc(N2CCCC(CN3CCN(c4ccccn4)CC3)C2)nc(-c2cccnc2)n1. The van der Waals surface area contributed by atoms with Crippen LogP contribution in [0.2, 0.25) is 0 Å². The molecule has 7 nitrogen and oxygen atoms in total. The van der Waals surface area contributed by atoms with E-state index in [2.05, 4.69) is 47.9 Å². The van der Waals surface area contributed by atoms with Crippen LogP contribution in [0.5, 0.6) is 0 Å². The zero-order chi connectivity index (χ0) is 21.8. The van der Waals surface area contributed by atoms with E-state index in [1.165, 1.54) is 12.8 Å². The quantitative estimate of drug-likeness (QED) is 0.617. The number of pyridine rings is 2. The Labute approximate surface area is 190 Å². The van der Waals surface area contributed by atoms with Crippen LogP contribution in [-0.2, 0) is 0 Å². The summed E-state index contributed by atoms with van der Waals surface area (Å²) in [4.78, 5) is 25.8. The van der Waals surface area contributed by atoms with Crippen LogP contribution >= 0.6 is 0 Å². The van der Waals surface area contributed by atoms with Crippen LogP contribution in [0.25, 0.3) is 11.4 Å². The highest BCUT2D eigenvalue weighted by Gasteiger charge is 2.26. The molecule has 3 aromatic heterocycles. The minimum absolute atomic E-state index is 0.669. The van der Waals surface area contributed by atoms with Crippen molar-refractivity contribution in [1.29, 1.82) is 0 Å². The van der Waals surface area contributed by atoms with Gasteiger partial charge in [-0.25, -0.2) is 15.0 Å². The molecule has 0 aromatic carbocycles. The Hall–Kier alpha value is -3.06. The molecule has 0 amide bonds. The fourth-order valence-corrected chi connectivity index (χ4v) is 4.83. The molecule has 7 heteroatoms. The number of piperidine rings is 1. The van der Waals surface area contributed by atoms with Gasteiger partial charge in [0.2, 0.25) is 0 Å². The first kappa shape index (κ1) is 20.8. The lowest BCUT2D eigenvalue weighted by molar-refractivity contribution is 0.205. The normalized spacial score (nSPS) is 19.8. The van der Waals surface area contributed by atoms with Crippen LogP contribution in [0.3, 0.4) is 0 Å². The first-order valence-corrected chi connectivity index (χ1v) is 11.6. The number of aromatic nitrogens is 4. The van der Waals surface area contributed by atoms with Gasteiger partial charge in [-0.1, -0.05) is 6.07 Å². The van der Waals surface area contributed by atoms with E-state index in [-0.39, 0.29) is 0 Å². The highest BCUT2D eigenvalue weighted by Crippen LogP contribution is 2.25. The van der Waals surface area contributed by atoms with Crippen molar-refractivity contribution in [3.05, 3.63) is 60.7 Å². The molecule has 1 unspecified atom stereocenters. The summed E-state index contributed by atoms with van der Waals surface area (Å²) < 4.78 is 0. The summed E-state index contributed by atoms with van der Waals surface area (Å²) in [6, 6.07) is 12.2. The van der Waals surface area contributed by atoms with E-state index in [0.29, 0.717) is 5.92 Å². The second-order valence-electron chi connectivity index (χ2n) is 8.86. The minimum atomic E-state index is 0.669. The fourth-order valence-electron chi connectivity index (χ4n) is 4.83. The maximum atomic E-state index is 4.90. The van der Waals surface area contributed by atoms with Gasteiger partial charge in [-0.05, 0) is 49.9 Å². The maximum absolute atomic E-state index is 4.90. The van der Waals surface area contributed by atoms with Crippen LogP contribution in [0.4, 0.5) is 11.6 Å². The highest BCUT2D eigenvalue weighted by atomic mass is 15.3. The number of piperazine rings is 1. The number of anilines is 2. The van der Waals surface area contributed by atoms with Crippen LogP contribution in [0.15, 0.2) is 55.0 Å². The monoisotopic (exact) mass is 429 g/mol. The van der Waals surface area contributed by atoms with Crippen molar-refractivity contribution < 1.29 is 0 Å². The summed E-state index contributed by atoms with van der Waals surface area (Å²) in [6.07, 6.45) is 8.00. The summed E-state index contributed by atoms with van der Waals surface area (Å²) in [5.74, 6) is 3.57. The lowest BCUT2D eigenvalue weighted by atomic mass is 9.97. The molecule has 5 rings (SSSR count). The van der Waals surface area contributed by atoms with Gasteiger partial charge in [0.25, 0.3) is 0 Å². The smallest absolute Gasteiger partial charge is 0.163 e. The fraction of sp³-hybridized carbons (Fsp3) is 0.440. The Balaban J connectivity index is 1.21. The Morgan fingerprint density at radius 2 is 1.81 bits per heavy atom. The van der Waals surface area contributed by atoms with Gasteiger partial charge in [0, 0.05) is 81.7 Å². The van der Waals surface area contributed by atoms with Gasteiger partial charge in [0.1, 0.15) is 11.6 Å². The number of hydrogen-bond acceptors (Lipinski definition) is 7. The number of hydrogen-bond donors (Lipinski definition) is 0. The number of aryl methyl sites for hydroxylation is 1. The van der Waals surface area contributed by atoms with E-state index in [9.17, 15) is 0 Å². The molecule has 1 atom stereocenters. The summed E-state index contributed by atoms with van der Waals surface area (Å²) >= 11 is 0. The van der Waals surface area contributed by atoms with E-state index >= 15 is 0 Å². The third-order valence-corrected chi connectivity index (χ3v) is 6.47. The summed E-state index contributed by atoms with van der Waals surface area (Å²) in [5, 5.41) is 0. The molecule has 32 heavy (non-hydrogen) atoms. The molecule has 2 aliphatic heterocycles. The van der Waals surface area contributed by atoms with E-state index in [1.807, 2.05) is 37.5 Å². The van der Waals surface area contributed by atoms with Crippen LogP contribution in [0.1, 0.15) is 18.5 Å². The van der Waals surface area contributed by atoms with Crippen molar-refractivity contribution in [3.8, 4) is 11.4 Å². The average Bonchev–Trinajstić information content (AvgIpc) is 2.85. The molecule has 0 aliphatic carbocycles. The lowest BCUT2D eigenvalue weighted by Gasteiger charge is -2.40. The van der Waals surface area contributed by atoms with Crippen molar-refractivity contribution in [2.24, 2.45) is 5.92 Å². The zero-order valence-corrected chi connectivity index (χ0v) is 18.8. The Morgan fingerprint density at radius 3 is 2.59 bits per heavy atom. The molecule has 166 valence electrons. The molecule has 0 bridgehead atoms. The number of nitrogens with zero attached hydrogens (tertiary/aromatic N) is 7. The Kier molecular flexibility index (Phi) is 6.25. The molecule has 0 N–H and O–H groups in total. The molecule has 3 aromatic rings. The standard InChI is InChI=1S/C25H31N7/c1-20-16-24(29-25(28-20)22-7-4-9-26-17-22)32-11-5-6-21(19-32)18-30-12-14-31(15-13-30)23-8-2-3-10-27-23/h2-4,7-10,16-17,21H,5-6,11-15,18-19H2,1H3. The Bertz CT molecular complexity index is 1000. The molecule has 0 radical (unpaired) electrons. The third-order valence-electron chi connectivity index (χ3n) is 6.47. The molecule has 5 heterocycles. The predicted octanol–water partition coefficient (Wildman–Crippen LogP) is 3.28. The van der Waals surface area contributed by atoms with Crippen LogP contribution in [0, 0.1) is 12.8 Å². The maximum Gasteiger partial charge on any atom is 0.163 e. The highest BCUT2D eigenvalue weighted by molar-refractivity contribution is 5.56. The van der Waals surface area contributed by atoms with Gasteiger partial charge >= 0.3 is 0 Å². The number of rotatable bonds is 5. The predicted molar refractivity (Wildman–Crippen MR) is 128 cm³/mol. The Morgan fingerprint density at radius 1 is 0.906 bits per heavy atom. The van der Waals surface area contributed by atoms with Crippen molar-refractivity contribution >= 4 is 11.6 Å². The molecule has 2 aliphatic rings. The third kappa shape index (κ3) is 4.88. The van der Waals surface area contributed by atoms with Gasteiger partial charge in [0.15, 0.2) is 5.82 Å². The summed E-state index contributed by atoms with van der Waals surface area (Å²) in [7, 11) is 0.